The molecule has 0 spiro atoms. The van der Waals surface area contributed by atoms with Crippen LogP contribution in [0.1, 0.15) is 37.2 Å². The van der Waals surface area contributed by atoms with E-state index in [1.807, 2.05) is 24.5 Å². The Balaban J connectivity index is 1.31. The summed E-state index contributed by atoms with van der Waals surface area (Å²) in [7, 11) is 0. The van der Waals surface area contributed by atoms with Crippen molar-refractivity contribution in [3.05, 3.63) is 66.4 Å². The first-order valence-electron chi connectivity index (χ1n) is 12.8. The number of para-hydroxylation sites is 1. The highest BCUT2D eigenvalue weighted by molar-refractivity contribution is 5.94. The first kappa shape index (κ1) is 21.6. The number of halogens is 1. The van der Waals surface area contributed by atoms with Crippen LogP contribution in [0, 0.1) is 11.7 Å². The fourth-order valence-corrected chi connectivity index (χ4v) is 5.27. The van der Waals surface area contributed by atoms with Crippen molar-refractivity contribution in [1.29, 1.82) is 0 Å². The normalized spacial score (nSPS) is 20.0. The molecule has 7 nitrogen and oxygen atoms in total. The van der Waals surface area contributed by atoms with Crippen molar-refractivity contribution < 1.29 is 4.39 Å². The Morgan fingerprint density at radius 3 is 2.75 bits per heavy atom. The van der Waals surface area contributed by atoms with Gasteiger partial charge in [-0.2, -0.15) is 0 Å². The molecule has 3 aromatic heterocycles. The number of aromatic nitrogens is 4. The summed E-state index contributed by atoms with van der Waals surface area (Å²) >= 11 is 0. The number of anilines is 3. The Morgan fingerprint density at radius 2 is 1.92 bits per heavy atom. The van der Waals surface area contributed by atoms with Crippen LogP contribution in [0.2, 0.25) is 0 Å². The molecule has 2 saturated carbocycles. The van der Waals surface area contributed by atoms with Crippen LogP contribution in [0.4, 0.5) is 21.7 Å². The van der Waals surface area contributed by atoms with Gasteiger partial charge in [-0.15, -0.1) is 0 Å². The fourth-order valence-electron chi connectivity index (χ4n) is 5.27. The third kappa shape index (κ3) is 4.15. The van der Waals surface area contributed by atoms with Gasteiger partial charge >= 0.3 is 0 Å². The highest BCUT2D eigenvalue weighted by Crippen LogP contribution is 2.45. The summed E-state index contributed by atoms with van der Waals surface area (Å²) in [4.78, 5) is 21.5. The molecule has 0 radical (unpaired) electrons. The van der Waals surface area contributed by atoms with Gasteiger partial charge in [-0.25, -0.2) is 19.3 Å². The number of hydrogen-bond acceptors (Lipinski definition) is 7. The predicted molar refractivity (Wildman–Crippen MR) is 139 cm³/mol. The van der Waals surface area contributed by atoms with E-state index in [-0.39, 0.29) is 5.82 Å². The highest BCUT2D eigenvalue weighted by Gasteiger charge is 2.36. The van der Waals surface area contributed by atoms with Crippen LogP contribution < -0.4 is 15.5 Å². The number of nitrogens with one attached hydrogen (secondary N) is 2. The zero-order valence-electron chi connectivity index (χ0n) is 20.0. The topological polar surface area (TPSA) is 78.9 Å². The summed E-state index contributed by atoms with van der Waals surface area (Å²) in [5, 5.41) is 7.94. The van der Waals surface area contributed by atoms with Crippen molar-refractivity contribution in [2.45, 2.75) is 37.6 Å². The van der Waals surface area contributed by atoms with Crippen LogP contribution in [-0.2, 0) is 0 Å². The summed E-state index contributed by atoms with van der Waals surface area (Å²) in [5.41, 5.74) is 3.36. The van der Waals surface area contributed by atoms with E-state index in [1.54, 1.807) is 24.4 Å². The van der Waals surface area contributed by atoms with E-state index in [4.69, 9.17) is 9.97 Å². The van der Waals surface area contributed by atoms with Crippen LogP contribution in [0.3, 0.4) is 0 Å². The molecule has 4 aromatic rings. The third-order valence-corrected chi connectivity index (χ3v) is 7.48. The molecule has 2 aliphatic carbocycles. The molecule has 1 aromatic carbocycles. The molecule has 3 aliphatic rings. The molecular formula is C28H28FN7. The molecule has 4 heterocycles. The molecule has 0 bridgehead atoms. The fraction of sp³-hybridized carbons (Fsp3) is 0.357. The minimum absolute atomic E-state index is 0.323. The lowest BCUT2D eigenvalue weighted by Gasteiger charge is -2.35. The molecule has 1 aliphatic heterocycles. The van der Waals surface area contributed by atoms with E-state index in [1.165, 1.54) is 37.3 Å². The lowest BCUT2D eigenvalue weighted by atomic mass is 10.1. The second-order valence-electron chi connectivity index (χ2n) is 10.1. The van der Waals surface area contributed by atoms with Crippen LogP contribution in [-0.4, -0.2) is 45.6 Å². The summed E-state index contributed by atoms with van der Waals surface area (Å²) in [6.45, 7) is 2.83. The molecule has 0 amide bonds. The van der Waals surface area contributed by atoms with E-state index in [2.05, 4.69) is 25.5 Å². The van der Waals surface area contributed by atoms with Crippen LogP contribution in [0.15, 0.2) is 55.0 Å². The second-order valence-corrected chi connectivity index (χ2v) is 10.1. The predicted octanol–water partition coefficient (Wildman–Crippen LogP) is 5.04. The van der Waals surface area contributed by atoms with Gasteiger partial charge in [0.15, 0.2) is 5.82 Å². The van der Waals surface area contributed by atoms with E-state index in [0.29, 0.717) is 29.3 Å². The summed E-state index contributed by atoms with van der Waals surface area (Å²) in [6.07, 6.45) is 10.6. The molecular weight excluding hydrogens is 453 g/mol. The van der Waals surface area contributed by atoms with Gasteiger partial charge in [0.1, 0.15) is 17.5 Å². The number of fused-ring (bicyclic) bond motifs is 1. The average molecular weight is 482 g/mol. The lowest BCUT2D eigenvalue weighted by Crippen LogP contribution is -2.52. The van der Waals surface area contributed by atoms with Gasteiger partial charge in [0.05, 0.1) is 17.4 Å². The molecule has 1 saturated heterocycles. The van der Waals surface area contributed by atoms with Crippen molar-refractivity contribution in [3.8, 4) is 11.4 Å². The smallest absolute Gasteiger partial charge is 0.162 e. The largest absolute Gasteiger partial charge is 0.353 e. The third-order valence-electron chi connectivity index (χ3n) is 7.48. The Kier molecular flexibility index (Phi) is 5.27. The van der Waals surface area contributed by atoms with Crippen molar-refractivity contribution in [2.24, 2.45) is 5.92 Å². The first-order valence-corrected chi connectivity index (χ1v) is 12.8. The number of piperazine rings is 1. The number of rotatable bonds is 6. The van der Waals surface area contributed by atoms with Crippen molar-refractivity contribution in [1.82, 2.24) is 25.3 Å². The Bertz CT molecular complexity index is 1430. The van der Waals surface area contributed by atoms with E-state index >= 15 is 0 Å². The maximum Gasteiger partial charge on any atom is 0.162 e. The Hall–Kier alpha value is -3.65. The van der Waals surface area contributed by atoms with Gasteiger partial charge < -0.3 is 15.5 Å². The molecule has 1 atom stereocenters. The van der Waals surface area contributed by atoms with E-state index in [0.717, 1.165) is 47.8 Å². The minimum atomic E-state index is -0.323. The molecule has 182 valence electrons. The number of hydrogen-bond donors (Lipinski definition) is 2. The summed E-state index contributed by atoms with van der Waals surface area (Å²) in [5.74, 6) is 3.19. The van der Waals surface area contributed by atoms with Crippen LogP contribution in [0.25, 0.3) is 22.3 Å². The van der Waals surface area contributed by atoms with E-state index < -0.39 is 0 Å². The van der Waals surface area contributed by atoms with Crippen molar-refractivity contribution >= 4 is 28.2 Å². The van der Waals surface area contributed by atoms with Gasteiger partial charge in [-0.05, 0) is 67.3 Å². The van der Waals surface area contributed by atoms with Crippen LogP contribution in [0.5, 0.6) is 0 Å². The molecule has 7 rings (SSSR count). The quantitative estimate of drug-likeness (QED) is 0.400. The van der Waals surface area contributed by atoms with Gasteiger partial charge in [-0.1, -0.05) is 12.1 Å². The minimum Gasteiger partial charge on any atom is -0.353 e. The van der Waals surface area contributed by atoms with Crippen molar-refractivity contribution in [2.75, 3.05) is 29.9 Å². The lowest BCUT2D eigenvalue weighted by molar-refractivity contribution is 0.418. The first-order chi connectivity index (χ1) is 17.7. The Morgan fingerprint density at radius 1 is 1.03 bits per heavy atom. The van der Waals surface area contributed by atoms with Crippen LogP contribution >= 0.6 is 0 Å². The summed E-state index contributed by atoms with van der Waals surface area (Å²) < 4.78 is 14.2. The zero-order chi connectivity index (χ0) is 24.1. The maximum absolute atomic E-state index is 14.2. The van der Waals surface area contributed by atoms with E-state index in [9.17, 15) is 4.39 Å². The standard InChI is InChI=1S/C28H28FN7/c29-21-3-1-2-4-22(21)33-25-13-19(9-10-32-25)27-34-23-15-30-14-20(17-5-6-17)26(23)28(35-27)36-12-11-31-24(16-36)18-7-8-18/h1-4,9-10,13-15,17-18,24,31H,5-8,11-12,16H2,(H,32,33)/t24-/m1/s1. The second kappa shape index (κ2) is 8.78. The molecule has 8 heteroatoms. The number of nitrogens with zero attached hydrogens (tertiary/aromatic N) is 5. The molecule has 0 unspecified atom stereocenters. The average Bonchev–Trinajstić information content (AvgIpc) is 3.83. The number of benzene rings is 1. The molecule has 2 N–H and O–H groups in total. The monoisotopic (exact) mass is 481 g/mol. The van der Waals surface area contributed by atoms with Gasteiger partial charge in [0.2, 0.25) is 0 Å². The highest BCUT2D eigenvalue weighted by atomic mass is 19.1. The van der Waals surface area contributed by atoms with Gasteiger partial charge in [0.25, 0.3) is 0 Å². The molecule has 36 heavy (non-hydrogen) atoms. The zero-order valence-corrected chi connectivity index (χ0v) is 20.0. The van der Waals surface area contributed by atoms with Gasteiger partial charge in [-0.3, -0.25) is 4.98 Å². The number of pyridine rings is 2. The van der Waals surface area contributed by atoms with Gasteiger partial charge in [0, 0.05) is 49.0 Å². The SMILES string of the molecule is Fc1ccccc1Nc1cc(-c2nc(N3CCN[C@@H](C4CC4)C3)c3c(C4CC4)cncc3n2)ccn1. The maximum atomic E-state index is 14.2. The molecule has 3 fully saturated rings. The van der Waals surface area contributed by atoms with Crippen molar-refractivity contribution in [3.63, 3.8) is 0 Å². The summed E-state index contributed by atoms with van der Waals surface area (Å²) in [6, 6.07) is 10.9. The Labute approximate surface area is 209 Å².